The largest absolute Gasteiger partial charge is 0.391 e. The summed E-state index contributed by atoms with van der Waals surface area (Å²) in [5.41, 5.74) is 0.804. The van der Waals surface area contributed by atoms with Crippen LogP contribution in [0.2, 0.25) is 0 Å². The van der Waals surface area contributed by atoms with Gasteiger partial charge in [-0.05, 0) is 0 Å². The number of nitrogens with one attached hydrogen (secondary N) is 2. The van der Waals surface area contributed by atoms with Gasteiger partial charge in [0.05, 0.1) is 11.0 Å². The van der Waals surface area contributed by atoms with Crippen molar-refractivity contribution in [2.75, 3.05) is 19.6 Å². The molecule has 0 aromatic heterocycles. The molecule has 0 aliphatic carbocycles. The van der Waals surface area contributed by atoms with E-state index in [2.05, 4.69) is 10.6 Å². The summed E-state index contributed by atoms with van der Waals surface area (Å²) in [7, 11) is 0. The molecular weight excluding hydrogens is 234 g/mol. The minimum atomic E-state index is -0.372. The number of aliphatic hydroxyl groups is 1. The number of benzene rings is 1. The van der Waals surface area contributed by atoms with Gasteiger partial charge in [0.15, 0.2) is 0 Å². The summed E-state index contributed by atoms with van der Waals surface area (Å²) in [4.78, 5) is 10.4. The van der Waals surface area contributed by atoms with Crippen LogP contribution in [0.15, 0.2) is 24.3 Å². The van der Waals surface area contributed by atoms with E-state index in [1.807, 2.05) is 0 Å². The molecule has 18 heavy (non-hydrogen) atoms. The Bertz CT molecular complexity index is 425. The van der Waals surface area contributed by atoms with Crippen molar-refractivity contribution in [2.45, 2.75) is 12.6 Å². The highest BCUT2D eigenvalue weighted by Crippen LogP contribution is 2.17. The number of aliphatic hydroxyl groups excluding tert-OH is 1. The zero-order chi connectivity index (χ0) is 13.0. The van der Waals surface area contributed by atoms with E-state index in [-0.39, 0.29) is 22.6 Å². The van der Waals surface area contributed by atoms with Gasteiger partial charge in [0.1, 0.15) is 0 Å². The molecule has 1 aliphatic rings. The smallest absolute Gasteiger partial charge is 0.273 e. The Morgan fingerprint density at radius 2 is 2.22 bits per heavy atom. The van der Waals surface area contributed by atoms with E-state index in [0.717, 1.165) is 6.54 Å². The molecule has 98 valence electrons. The minimum absolute atomic E-state index is 0.134. The van der Waals surface area contributed by atoms with E-state index in [4.69, 9.17) is 0 Å². The van der Waals surface area contributed by atoms with E-state index in [1.54, 1.807) is 18.2 Å². The average molecular weight is 251 g/mol. The topological polar surface area (TPSA) is 87.4 Å². The van der Waals surface area contributed by atoms with Gasteiger partial charge in [-0.15, -0.1) is 0 Å². The van der Waals surface area contributed by atoms with Crippen LogP contribution in [0, 0.1) is 16.0 Å². The van der Waals surface area contributed by atoms with E-state index in [9.17, 15) is 15.2 Å². The maximum atomic E-state index is 10.8. The summed E-state index contributed by atoms with van der Waals surface area (Å²) in [6.07, 6.45) is -0.330. The van der Waals surface area contributed by atoms with Gasteiger partial charge in [-0.2, -0.15) is 0 Å². The molecule has 0 bridgehead atoms. The molecule has 0 saturated carbocycles. The first-order chi connectivity index (χ1) is 8.68. The predicted molar refractivity (Wildman–Crippen MR) is 67.2 cm³/mol. The molecule has 1 aromatic carbocycles. The SMILES string of the molecule is O=[N+]([O-])c1ccccc1CNCC1CNCC1O. The Kier molecular flexibility index (Phi) is 4.24. The molecule has 1 aromatic rings. The summed E-state index contributed by atoms with van der Waals surface area (Å²) in [6, 6.07) is 6.69. The third kappa shape index (κ3) is 3.04. The van der Waals surface area contributed by atoms with Gasteiger partial charge < -0.3 is 15.7 Å². The van der Waals surface area contributed by atoms with E-state index >= 15 is 0 Å². The third-order valence-corrected chi connectivity index (χ3v) is 3.21. The summed E-state index contributed by atoms with van der Waals surface area (Å²) < 4.78 is 0. The first-order valence-corrected chi connectivity index (χ1v) is 6.00. The fraction of sp³-hybridized carbons (Fsp3) is 0.500. The number of para-hydroxylation sites is 1. The van der Waals surface area contributed by atoms with Crippen LogP contribution in [0.5, 0.6) is 0 Å². The van der Waals surface area contributed by atoms with Crippen molar-refractivity contribution >= 4 is 5.69 Å². The van der Waals surface area contributed by atoms with Crippen LogP contribution >= 0.6 is 0 Å². The van der Waals surface area contributed by atoms with Gasteiger partial charge in [0.2, 0.25) is 0 Å². The minimum Gasteiger partial charge on any atom is -0.391 e. The first kappa shape index (κ1) is 12.9. The second-order valence-corrected chi connectivity index (χ2v) is 4.50. The maximum Gasteiger partial charge on any atom is 0.273 e. The zero-order valence-corrected chi connectivity index (χ0v) is 10.0. The quantitative estimate of drug-likeness (QED) is 0.516. The van der Waals surface area contributed by atoms with Crippen LogP contribution in [-0.2, 0) is 6.54 Å². The van der Waals surface area contributed by atoms with Crippen LogP contribution in [0.4, 0.5) is 5.69 Å². The Morgan fingerprint density at radius 1 is 1.44 bits per heavy atom. The molecule has 1 aliphatic heterocycles. The molecule has 1 fully saturated rings. The van der Waals surface area contributed by atoms with E-state index in [1.165, 1.54) is 6.07 Å². The molecule has 1 heterocycles. The lowest BCUT2D eigenvalue weighted by molar-refractivity contribution is -0.385. The lowest BCUT2D eigenvalue weighted by Gasteiger charge is -2.14. The highest BCUT2D eigenvalue weighted by Gasteiger charge is 2.24. The molecular formula is C12H17N3O3. The number of rotatable bonds is 5. The Morgan fingerprint density at radius 3 is 2.89 bits per heavy atom. The average Bonchev–Trinajstić information content (AvgIpc) is 2.76. The zero-order valence-electron chi connectivity index (χ0n) is 10.0. The first-order valence-electron chi connectivity index (χ1n) is 6.00. The van der Waals surface area contributed by atoms with Crippen LogP contribution in [0.1, 0.15) is 5.56 Å². The van der Waals surface area contributed by atoms with Crippen molar-refractivity contribution in [2.24, 2.45) is 5.92 Å². The highest BCUT2D eigenvalue weighted by atomic mass is 16.6. The van der Waals surface area contributed by atoms with Gasteiger partial charge in [0, 0.05) is 43.7 Å². The standard InChI is InChI=1S/C12H17N3O3/c16-12-8-14-7-10(12)6-13-5-9-3-1-2-4-11(9)15(17)18/h1-4,10,12-14,16H,5-8H2. The van der Waals surface area contributed by atoms with Gasteiger partial charge in [0.25, 0.3) is 5.69 Å². The van der Waals surface area contributed by atoms with E-state index in [0.29, 0.717) is 25.2 Å². The van der Waals surface area contributed by atoms with Crippen molar-refractivity contribution < 1.29 is 10.0 Å². The lowest BCUT2D eigenvalue weighted by atomic mass is 10.1. The fourth-order valence-corrected chi connectivity index (χ4v) is 2.16. The Labute approximate surface area is 105 Å². The normalized spacial score (nSPS) is 23.2. The molecule has 0 radical (unpaired) electrons. The second kappa shape index (κ2) is 5.90. The lowest BCUT2D eigenvalue weighted by Crippen LogP contribution is -2.30. The Balaban J connectivity index is 1.88. The van der Waals surface area contributed by atoms with Gasteiger partial charge >= 0.3 is 0 Å². The molecule has 3 N–H and O–H groups in total. The molecule has 2 unspecified atom stereocenters. The molecule has 2 atom stereocenters. The molecule has 6 nitrogen and oxygen atoms in total. The molecule has 0 amide bonds. The number of nitro benzene ring substituents is 1. The molecule has 2 rings (SSSR count). The highest BCUT2D eigenvalue weighted by molar-refractivity contribution is 5.39. The van der Waals surface area contributed by atoms with Crippen LogP contribution in [-0.4, -0.2) is 35.8 Å². The van der Waals surface area contributed by atoms with Crippen molar-refractivity contribution in [3.63, 3.8) is 0 Å². The van der Waals surface area contributed by atoms with Crippen LogP contribution < -0.4 is 10.6 Å². The maximum absolute atomic E-state index is 10.8. The summed E-state index contributed by atoms with van der Waals surface area (Å²) in [5.74, 6) is 0.174. The van der Waals surface area contributed by atoms with Gasteiger partial charge in [-0.3, -0.25) is 10.1 Å². The van der Waals surface area contributed by atoms with Crippen molar-refractivity contribution in [3.8, 4) is 0 Å². The van der Waals surface area contributed by atoms with Gasteiger partial charge in [-0.25, -0.2) is 0 Å². The van der Waals surface area contributed by atoms with Crippen molar-refractivity contribution in [1.29, 1.82) is 0 Å². The summed E-state index contributed by atoms with van der Waals surface area (Å²) in [5, 5.41) is 26.7. The van der Waals surface area contributed by atoms with Crippen molar-refractivity contribution in [3.05, 3.63) is 39.9 Å². The Hall–Kier alpha value is -1.50. The fourth-order valence-electron chi connectivity index (χ4n) is 2.16. The number of nitrogens with zero attached hydrogens (tertiary/aromatic N) is 1. The molecule has 1 saturated heterocycles. The number of hydrogen-bond acceptors (Lipinski definition) is 5. The van der Waals surface area contributed by atoms with Crippen molar-refractivity contribution in [1.82, 2.24) is 10.6 Å². The van der Waals surface area contributed by atoms with Gasteiger partial charge in [-0.1, -0.05) is 18.2 Å². The van der Waals surface area contributed by atoms with Crippen LogP contribution in [0.3, 0.4) is 0 Å². The third-order valence-electron chi connectivity index (χ3n) is 3.21. The van der Waals surface area contributed by atoms with Crippen LogP contribution in [0.25, 0.3) is 0 Å². The number of β-amino-alcohol motifs (C(OH)–C–C–N with tert-alkyl or cyclic N) is 1. The number of nitro groups is 1. The summed E-state index contributed by atoms with van der Waals surface area (Å²) in [6.45, 7) is 2.50. The van der Waals surface area contributed by atoms with E-state index < -0.39 is 0 Å². The number of hydrogen-bond donors (Lipinski definition) is 3. The monoisotopic (exact) mass is 251 g/mol. The molecule has 0 spiro atoms. The summed E-state index contributed by atoms with van der Waals surface area (Å²) >= 11 is 0. The molecule has 6 heteroatoms. The second-order valence-electron chi connectivity index (χ2n) is 4.50. The predicted octanol–water partition coefficient (Wildman–Crippen LogP) is 0.265.